The SMILES string of the molecule is Cc1nc(N2CCCCCCC2C(=O)O)sc1C. The molecule has 0 radical (unpaired) electrons. The molecule has 0 spiro atoms. The number of hydrogen-bond acceptors (Lipinski definition) is 4. The molecular weight excluding hydrogens is 248 g/mol. The minimum absolute atomic E-state index is 0.407. The number of carboxylic acid groups (broad SMARTS) is 1. The van der Waals surface area contributed by atoms with Crippen molar-refractivity contribution < 1.29 is 9.90 Å². The van der Waals surface area contributed by atoms with Crippen molar-refractivity contribution in [2.24, 2.45) is 0 Å². The highest BCUT2D eigenvalue weighted by atomic mass is 32.1. The second kappa shape index (κ2) is 5.69. The number of hydrogen-bond donors (Lipinski definition) is 1. The van der Waals surface area contributed by atoms with Gasteiger partial charge in [0.2, 0.25) is 0 Å². The molecule has 0 amide bonds. The Balaban J connectivity index is 2.26. The summed E-state index contributed by atoms with van der Waals surface area (Å²) in [7, 11) is 0. The third-order valence-corrected chi connectivity index (χ3v) is 4.66. The number of carbonyl (C=O) groups is 1. The molecular formula is C13H20N2O2S. The number of aryl methyl sites for hydroxylation is 2. The molecule has 1 atom stereocenters. The third-order valence-electron chi connectivity index (χ3n) is 3.55. The van der Waals surface area contributed by atoms with Crippen LogP contribution in [0.4, 0.5) is 5.13 Å². The van der Waals surface area contributed by atoms with Gasteiger partial charge in [0.1, 0.15) is 6.04 Å². The van der Waals surface area contributed by atoms with Crippen molar-refractivity contribution >= 4 is 22.4 Å². The van der Waals surface area contributed by atoms with Crippen molar-refractivity contribution in [2.75, 3.05) is 11.4 Å². The van der Waals surface area contributed by atoms with Gasteiger partial charge in [0.15, 0.2) is 5.13 Å². The topological polar surface area (TPSA) is 53.4 Å². The first-order valence-electron chi connectivity index (χ1n) is 6.53. The molecule has 1 fully saturated rings. The standard InChI is InChI=1S/C13H20N2O2S/c1-9-10(2)18-13(14-9)15-8-6-4-3-5-7-11(15)12(16)17/h11H,3-8H2,1-2H3,(H,16,17). The predicted molar refractivity (Wildman–Crippen MR) is 73.4 cm³/mol. The highest BCUT2D eigenvalue weighted by Crippen LogP contribution is 2.29. The molecule has 0 bridgehead atoms. The average molecular weight is 268 g/mol. The van der Waals surface area contributed by atoms with Crippen molar-refractivity contribution in [3.63, 3.8) is 0 Å². The van der Waals surface area contributed by atoms with Crippen molar-refractivity contribution in [1.82, 2.24) is 4.98 Å². The maximum Gasteiger partial charge on any atom is 0.326 e. The van der Waals surface area contributed by atoms with Crippen LogP contribution in [0.3, 0.4) is 0 Å². The van der Waals surface area contributed by atoms with Crippen LogP contribution in [0.15, 0.2) is 0 Å². The Morgan fingerprint density at radius 1 is 1.33 bits per heavy atom. The molecule has 4 nitrogen and oxygen atoms in total. The maximum absolute atomic E-state index is 11.4. The Labute approximate surface area is 112 Å². The average Bonchev–Trinajstić information content (AvgIpc) is 2.58. The fraction of sp³-hybridized carbons (Fsp3) is 0.692. The number of aliphatic carboxylic acids is 1. The van der Waals surface area contributed by atoms with Crippen LogP contribution in [0.2, 0.25) is 0 Å². The number of nitrogens with zero attached hydrogens (tertiary/aromatic N) is 2. The van der Waals surface area contributed by atoms with E-state index in [0.29, 0.717) is 0 Å². The summed E-state index contributed by atoms with van der Waals surface area (Å²) < 4.78 is 0. The summed E-state index contributed by atoms with van der Waals surface area (Å²) in [5.74, 6) is -0.720. The van der Waals surface area contributed by atoms with E-state index >= 15 is 0 Å². The van der Waals surface area contributed by atoms with E-state index in [1.807, 2.05) is 18.7 Å². The molecule has 1 saturated heterocycles. The van der Waals surface area contributed by atoms with E-state index < -0.39 is 12.0 Å². The summed E-state index contributed by atoms with van der Waals surface area (Å²) in [6.07, 6.45) is 5.12. The van der Waals surface area contributed by atoms with E-state index in [0.717, 1.165) is 43.1 Å². The van der Waals surface area contributed by atoms with E-state index in [1.54, 1.807) is 11.3 Å². The van der Waals surface area contributed by atoms with Gasteiger partial charge in [-0.2, -0.15) is 0 Å². The highest BCUT2D eigenvalue weighted by molar-refractivity contribution is 7.15. The number of rotatable bonds is 2. The van der Waals surface area contributed by atoms with Crippen molar-refractivity contribution in [3.8, 4) is 0 Å². The van der Waals surface area contributed by atoms with Gasteiger partial charge in [-0.1, -0.05) is 19.3 Å². The predicted octanol–water partition coefficient (Wildman–Crippen LogP) is 2.98. The number of thiazole rings is 1. The smallest absolute Gasteiger partial charge is 0.326 e. The van der Waals surface area contributed by atoms with Crippen LogP contribution < -0.4 is 4.90 Å². The van der Waals surface area contributed by atoms with Gasteiger partial charge >= 0.3 is 5.97 Å². The van der Waals surface area contributed by atoms with Crippen LogP contribution >= 0.6 is 11.3 Å². The Bertz CT molecular complexity index is 411. The Morgan fingerprint density at radius 2 is 2.06 bits per heavy atom. The van der Waals surface area contributed by atoms with Gasteiger partial charge in [-0.3, -0.25) is 0 Å². The van der Waals surface area contributed by atoms with E-state index in [9.17, 15) is 9.90 Å². The molecule has 1 unspecified atom stereocenters. The zero-order valence-corrected chi connectivity index (χ0v) is 11.8. The maximum atomic E-state index is 11.4. The molecule has 18 heavy (non-hydrogen) atoms. The number of anilines is 1. The van der Waals surface area contributed by atoms with E-state index in [4.69, 9.17) is 0 Å². The largest absolute Gasteiger partial charge is 0.480 e. The van der Waals surface area contributed by atoms with Gasteiger partial charge < -0.3 is 10.0 Å². The Kier molecular flexibility index (Phi) is 4.22. The van der Waals surface area contributed by atoms with Crippen LogP contribution in [0.1, 0.15) is 42.7 Å². The molecule has 5 heteroatoms. The monoisotopic (exact) mass is 268 g/mol. The molecule has 2 heterocycles. The highest BCUT2D eigenvalue weighted by Gasteiger charge is 2.28. The lowest BCUT2D eigenvalue weighted by Gasteiger charge is -2.30. The first kappa shape index (κ1) is 13.3. The molecule has 0 saturated carbocycles. The molecule has 1 aliphatic rings. The summed E-state index contributed by atoms with van der Waals surface area (Å²) in [6.45, 7) is 4.83. The number of carboxylic acids is 1. The van der Waals surface area contributed by atoms with Gasteiger partial charge in [-0.15, -0.1) is 11.3 Å². The minimum atomic E-state index is -0.720. The summed E-state index contributed by atoms with van der Waals surface area (Å²) in [6, 6.07) is -0.407. The molecule has 0 aromatic carbocycles. The van der Waals surface area contributed by atoms with Crippen LogP contribution in [-0.2, 0) is 4.79 Å². The second-order valence-electron chi connectivity index (χ2n) is 4.89. The third kappa shape index (κ3) is 2.83. The van der Waals surface area contributed by atoms with Gasteiger partial charge in [0.05, 0.1) is 5.69 Å². The fourth-order valence-electron chi connectivity index (χ4n) is 2.35. The second-order valence-corrected chi connectivity index (χ2v) is 6.07. The molecule has 1 N–H and O–H groups in total. The van der Waals surface area contributed by atoms with Crippen LogP contribution in [0.5, 0.6) is 0 Å². The van der Waals surface area contributed by atoms with Gasteiger partial charge in [-0.25, -0.2) is 9.78 Å². The summed E-state index contributed by atoms with van der Waals surface area (Å²) in [5.41, 5.74) is 1.01. The first-order valence-corrected chi connectivity index (χ1v) is 7.34. The van der Waals surface area contributed by atoms with Crippen LogP contribution in [-0.4, -0.2) is 28.6 Å². The lowest BCUT2D eigenvalue weighted by atomic mass is 10.0. The molecule has 1 aliphatic heterocycles. The summed E-state index contributed by atoms with van der Waals surface area (Å²) in [5, 5.41) is 10.3. The van der Waals surface area contributed by atoms with Crippen LogP contribution in [0.25, 0.3) is 0 Å². The van der Waals surface area contributed by atoms with E-state index in [2.05, 4.69) is 4.98 Å². The lowest BCUT2D eigenvalue weighted by Crippen LogP contribution is -2.42. The van der Waals surface area contributed by atoms with Crippen molar-refractivity contribution in [2.45, 2.75) is 52.0 Å². The molecule has 100 valence electrons. The zero-order valence-electron chi connectivity index (χ0n) is 11.0. The molecule has 0 aliphatic carbocycles. The van der Waals surface area contributed by atoms with E-state index in [1.165, 1.54) is 11.3 Å². The quantitative estimate of drug-likeness (QED) is 0.896. The van der Waals surface area contributed by atoms with Gasteiger partial charge in [0.25, 0.3) is 0 Å². The zero-order chi connectivity index (χ0) is 13.1. The summed E-state index contributed by atoms with van der Waals surface area (Å²) in [4.78, 5) is 19.1. The molecule has 1 aromatic rings. The Morgan fingerprint density at radius 3 is 2.67 bits per heavy atom. The van der Waals surface area contributed by atoms with E-state index in [-0.39, 0.29) is 0 Å². The normalized spacial score (nSPS) is 21.4. The Hall–Kier alpha value is -1.10. The lowest BCUT2D eigenvalue weighted by molar-refractivity contribution is -0.138. The minimum Gasteiger partial charge on any atom is -0.480 e. The molecule has 2 rings (SSSR count). The number of aromatic nitrogens is 1. The fourth-order valence-corrected chi connectivity index (χ4v) is 3.34. The van der Waals surface area contributed by atoms with Gasteiger partial charge in [0, 0.05) is 11.4 Å². The van der Waals surface area contributed by atoms with Crippen molar-refractivity contribution in [3.05, 3.63) is 10.6 Å². The van der Waals surface area contributed by atoms with Gasteiger partial charge in [-0.05, 0) is 26.7 Å². The summed E-state index contributed by atoms with van der Waals surface area (Å²) >= 11 is 1.61. The van der Waals surface area contributed by atoms with Crippen molar-refractivity contribution in [1.29, 1.82) is 0 Å². The first-order chi connectivity index (χ1) is 8.59. The van der Waals surface area contributed by atoms with Crippen LogP contribution in [0, 0.1) is 13.8 Å². The molecule has 1 aromatic heterocycles.